The van der Waals surface area contributed by atoms with E-state index in [1.54, 1.807) is 0 Å². The average Bonchev–Trinajstić information content (AvgIpc) is 2.05. The van der Waals surface area contributed by atoms with Gasteiger partial charge in [-0.3, -0.25) is 0 Å². The summed E-state index contributed by atoms with van der Waals surface area (Å²) in [5.74, 6) is -0.182. The SMILES string of the molecule is CC(=O)OI(I)c1ccccc1. The Morgan fingerprint density at radius 1 is 1.42 bits per heavy atom. The second-order valence-electron chi connectivity index (χ2n) is 2.07. The van der Waals surface area contributed by atoms with Crippen molar-refractivity contribution in [3.8, 4) is 0 Å². The van der Waals surface area contributed by atoms with Crippen LogP contribution in [0.1, 0.15) is 6.92 Å². The van der Waals surface area contributed by atoms with Crippen LogP contribution in [0.25, 0.3) is 0 Å². The summed E-state index contributed by atoms with van der Waals surface area (Å²) >= 11 is 0.570. The minimum atomic E-state index is -1.67. The number of carbonyl (C=O) groups excluding carboxylic acids is 1. The Kier molecular flexibility index (Phi) is 4.27. The van der Waals surface area contributed by atoms with Crippen molar-refractivity contribution in [3.05, 3.63) is 33.9 Å². The van der Waals surface area contributed by atoms with Gasteiger partial charge in [-0.25, -0.2) is 0 Å². The first-order chi connectivity index (χ1) is 5.70. The van der Waals surface area contributed by atoms with Gasteiger partial charge in [-0.2, -0.15) is 0 Å². The summed E-state index contributed by atoms with van der Waals surface area (Å²) in [5, 5.41) is 0. The molecule has 0 saturated heterocycles. The van der Waals surface area contributed by atoms with Gasteiger partial charge in [-0.1, -0.05) is 0 Å². The van der Waals surface area contributed by atoms with Gasteiger partial charge in [0.05, 0.1) is 0 Å². The van der Waals surface area contributed by atoms with Gasteiger partial charge in [0.1, 0.15) is 0 Å². The van der Waals surface area contributed by atoms with E-state index >= 15 is 0 Å². The zero-order valence-electron chi connectivity index (χ0n) is 6.46. The van der Waals surface area contributed by atoms with E-state index in [2.05, 4.69) is 18.6 Å². The molecule has 2 nitrogen and oxygen atoms in total. The Labute approximate surface area is 88.8 Å². The first kappa shape index (κ1) is 10.2. The molecule has 0 aliphatic carbocycles. The van der Waals surface area contributed by atoms with Gasteiger partial charge in [0.2, 0.25) is 0 Å². The van der Waals surface area contributed by atoms with E-state index in [-0.39, 0.29) is 5.97 Å². The van der Waals surface area contributed by atoms with E-state index in [0.29, 0.717) is 0 Å². The number of hydrogen-bond acceptors (Lipinski definition) is 2. The first-order valence-corrected chi connectivity index (χ1v) is 11.6. The minimum absolute atomic E-state index is 0.182. The number of carbonyl (C=O) groups is 1. The van der Waals surface area contributed by atoms with E-state index in [1.165, 1.54) is 6.92 Å². The number of benzene rings is 1. The predicted molar refractivity (Wildman–Crippen MR) is 64.9 cm³/mol. The average molecular weight is 390 g/mol. The quantitative estimate of drug-likeness (QED) is 0.726. The Balaban J connectivity index is 2.65. The van der Waals surface area contributed by atoms with Crippen molar-refractivity contribution < 1.29 is 7.86 Å². The zero-order valence-corrected chi connectivity index (χ0v) is 10.8. The van der Waals surface area contributed by atoms with Crippen molar-refractivity contribution in [2.45, 2.75) is 6.92 Å². The maximum absolute atomic E-state index is 10.6. The van der Waals surface area contributed by atoms with Crippen LogP contribution in [0.4, 0.5) is 0 Å². The van der Waals surface area contributed by atoms with Gasteiger partial charge in [0.25, 0.3) is 0 Å². The van der Waals surface area contributed by atoms with Gasteiger partial charge in [-0.05, 0) is 0 Å². The molecule has 0 heterocycles. The summed E-state index contributed by atoms with van der Waals surface area (Å²) in [6.07, 6.45) is 0. The normalized spacial score (nSPS) is 10.7. The molecule has 0 aliphatic rings. The van der Waals surface area contributed by atoms with Crippen molar-refractivity contribution in [1.29, 1.82) is 0 Å². The van der Waals surface area contributed by atoms with Crippen molar-refractivity contribution in [3.63, 3.8) is 0 Å². The Hall–Kier alpha value is 0.150. The molecule has 0 bridgehead atoms. The van der Waals surface area contributed by atoms with E-state index < -0.39 is 16.3 Å². The summed E-state index contributed by atoms with van der Waals surface area (Å²) in [5.41, 5.74) is 0. The van der Waals surface area contributed by atoms with E-state index in [0.717, 1.165) is 3.57 Å². The van der Waals surface area contributed by atoms with Crippen LogP contribution < -0.4 is 0 Å². The van der Waals surface area contributed by atoms with Crippen LogP contribution in [-0.4, -0.2) is 5.97 Å². The van der Waals surface area contributed by atoms with Gasteiger partial charge >= 0.3 is 89.5 Å². The van der Waals surface area contributed by atoms with Crippen molar-refractivity contribution in [2.24, 2.45) is 0 Å². The van der Waals surface area contributed by atoms with Gasteiger partial charge in [0, 0.05) is 0 Å². The zero-order chi connectivity index (χ0) is 8.97. The molecule has 0 unspecified atom stereocenters. The summed E-state index contributed by atoms with van der Waals surface area (Å²) in [7, 11) is 0. The Morgan fingerprint density at radius 2 is 2.00 bits per heavy atom. The summed E-state index contributed by atoms with van der Waals surface area (Å²) in [6, 6.07) is 9.88. The molecular formula is C8H8I2O2. The fourth-order valence-electron chi connectivity index (χ4n) is 0.654. The van der Waals surface area contributed by atoms with Crippen molar-refractivity contribution in [1.82, 2.24) is 0 Å². The second-order valence-corrected chi connectivity index (χ2v) is 9.91. The molecule has 0 N–H and O–H groups in total. The third-order valence-corrected chi connectivity index (χ3v) is 8.06. The second kappa shape index (κ2) is 5.00. The van der Waals surface area contributed by atoms with Crippen LogP contribution in [-0.2, 0) is 7.86 Å². The standard InChI is InChI=1S/C8H8I2O2/c1-7(11)12-10(9)8-5-3-2-4-6-8/h2-6H,1H3. The van der Waals surface area contributed by atoms with Gasteiger partial charge in [-0.15, -0.1) is 0 Å². The number of halogens is 2. The molecule has 0 amide bonds. The van der Waals surface area contributed by atoms with Crippen LogP contribution in [0, 0.1) is 3.57 Å². The molecule has 66 valence electrons. The molecule has 1 aromatic rings. The third-order valence-electron chi connectivity index (χ3n) is 1.08. The molecular weight excluding hydrogens is 382 g/mol. The van der Waals surface area contributed by atoms with E-state index in [4.69, 9.17) is 3.07 Å². The fourth-order valence-corrected chi connectivity index (χ4v) is 5.83. The van der Waals surface area contributed by atoms with Crippen LogP contribution in [0.15, 0.2) is 30.3 Å². The first-order valence-electron chi connectivity index (χ1n) is 3.31. The topological polar surface area (TPSA) is 26.3 Å². The number of hydrogen-bond donors (Lipinski definition) is 0. The molecule has 0 aromatic heterocycles. The molecule has 1 rings (SSSR count). The van der Waals surface area contributed by atoms with Gasteiger partial charge in [0.15, 0.2) is 0 Å². The fraction of sp³-hybridized carbons (Fsp3) is 0.125. The maximum atomic E-state index is 10.6. The summed E-state index contributed by atoms with van der Waals surface area (Å²) in [6.45, 7) is 1.45. The molecule has 0 atom stereocenters. The van der Waals surface area contributed by atoms with E-state index in [1.807, 2.05) is 30.3 Å². The monoisotopic (exact) mass is 390 g/mol. The molecule has 4 heteroatoms. The predicted octanol–water partition coefficient (Wildman–Crippen LogP) is 3.19. The summed E-state index contributed by atoms with van der Waals surface area (Å²) in [4.78, 5) is 10.6. The van der Waals surface area contributed by atoms with Crippen LogP contribution in [0.5, 0.6) is 0 Å². The van der Waals surface area contributed by atoms with Crippen molar-refractivity contribution in [2.75, 3.05) is 0 Å². The van der Waals surface area contributed by atoms with Gasteiger partial charge < -0.3 is 0 Å². The molecule has 0 fully saturated rings. The van der Waals surface area contributed by atoms with Crippen LogP contribution >= 0.6 is 34.9 Å². The van der Waals surface area contributed by atoms with Crippen LogP contribution in [0.2, 0.25) is 0 Å². The Morgan fingerprint density at radius 3 is 2.50 bits per heavy atom. The third kappa shape index (κ3) is 3.26. The summed E-state index contributed by atoms with van der Waals surface area (Å²) < 4.78 is 6.31. The molecule has 0 saturated carbocycles. The molecule has 12 heavy (non-hydrogen) atoms. The van der Waals surface area contributed by atoms with Crippen molar-refractivity contribution >= 4 is 40.8 Å². The molecule has 0 radical (unpaired) electrons. The van der Waals surface area contributed by atoms with E-state index in [9.17, 15) is 4.79 Å². The number of rotatable bonds is 2. The molecule has 0 spiro atoms. The Bertz CT molecular complexity index is 261. The molecule has 1 aromatic carbocycles. The molecule has 0 aliphatic heterocycles. The van der Waals surface area contributed by atoms with Crippen LogP contribution in [0.3, 0.4) is 0 Å².